The average Bonchev–Trinajstić information content (AvgIpc) is 2.97. The van der Waals surface area contributed by atoms with E-state index in [1.54, 1.807) is 25.3 Å². The van der Waals surface area contributed by atoms with Crippen molar-refractivity contribution in [2.75, 3.05) is 5.32 Å². The molecular formula is C16H13N3O3. The lowest BCUT2D eigenvalue weighted by Crippen LogP contribution is -2.11. The molecule has 0 unspecified atom stereocenters. The SMILES string of the molecule is Cc1cc(C(=O)Nc2cnccc2Oc2ccccc2)on1. The number of aryl methyl sites for hydroxylation is 1. The summed E-state index contributed by atoms with van der Waals surface area (Å²) < 4.78 is 10.7. The van der Waals surface area contributed by atoms with Gasteiger partial charge in [0.1, 0.15) is 11.4 Å². The molecule has 110 valence electrons. The number of pyridine rings is 1. The predicted octanol–water partition coefficient (Wildman–Crippen LogP) is 3.42. The highest BCUT2D eigenvalue weighted by Crippen LogP contribution is 2.28. The molecule has 0 aliphatic heterocycles. The molecule has 0 aliphatic carbocycles. The fourth-order valence-corrected chi connectivity index (χ4v) is 1.83. The van der Waals surface area contributed by atoms with Crippen molar-refractivity contribution in [3.05, 3.63) is 66.3 Å². The number of nitrogens with one attached hydrogen (secondary N) is 1. The molecule has 0 fully saturated rings. The zero-order valence-corrected chi connectivity index (χ0v) is 11.8. The molecule has 0 atom stereocenters. The molecule has 0 saturated heterocycles. The summed E-state index contributed by atoms with van der Waals surface area (Å²) >= 11 is 0. The topological polar surface area (TPSA) is 77.2 Å². The van der Waals surface area contributed by atoms with Gasteiger partial charge >= 0.3 is 0 Å². The van der Waals surface area contributed by atoms with Crippen molar-refractivity contribution < 1.29 is 14.1 Å². The molecule has 22 heavy (non-hydrogen) atoms. The molecule has 1 amide bonds. The number of carbonyl (C=O) groups excluding carboxylic acids is 1. The molecule has 1 aromatic carbocycles. The van der Waals surface area contributed by atoms with Gasteiger partial charge in [0, 0.05) is 18.3 Å². The first kappa shape index (κ1) is 13.8. The standard InChI is InChI=1S/C16H13N3O3/c1-11-9-15(22-19-11)16(20)18-13-10-17-8-7-14(13)21-12-5-3-2-4-6-12/h2-10H,1H3,(H,18,20). The van der Waals surface area contributed by atoms with Gasteiger partial charge in [-0.3, -0.25) is 9.78 Å². The van der Waals surface area contributed by atoms with Crippen molar-refractivity contribution in [1.29, 1.82) is 0 Å². The van der Waals surface area contributed by atoms with Gasteiger partial charge in [-0.25, -0.2) is 0 Å². The second-order valence-electron chi connectivity index (χ2n) is 4.57. The second-order valence-corrected chi connectivity index (χ2v) is 4.57. The van der Waals surface area contributed by atoms with E-state index < -0.39 is 5.91 Å². The van der Waals surface area contributed by atoms with E-state index in [0.717, 1.165) is 0 Å². The van der Waals surface area contributed by atoms with Crippen molar-refractivity contribution >= 4 is 11.6 Å². The minimum atomic E-state index is -0.411. The number of anilines is 1. The van der Waals surface area contributed by atoms with Crippen LogP contribution in [0, 0.1) is 6.92 Å². The first-order valence-corrected chi connectivity index (χ1v) is 6.64. The summed E-state index contributed by atoms with van der Waals surface area (Å²) in [6.45, 7) is 1.74. The molecule has 0 spiro atoms. The van der Waals surface area contributed by atoms with Crippen LogP contribution in [0.25, 0.3) is 0 Å². The third-order valence-electron chi connectivity index (χ3n) is 2.85. The summed E-state index contributed by atoms with van der Waals surface area (Å²) in [6, 6.07) is 12.5. The van der Waals surface area contributed by atoms with Crippen LogP contribution in [-0.4, -0.2) is 16.0 Å². The Morgan fingerprint density at radius 1 is 1.23 bits per heavy atom. The molecule has 0 aliphatic rings. The van der Waals surface area contributed by atoms with Crippen molar-refractivity contribution in [1.82, 2.24) is 10.1 Å². The zero-order chi connectivity index (χ0) is 15.4. The highest BCUT2D eigenvalue weighted by Gasteiger charge is 2.14. The predicted molar refractivity (Wildman–Crippen MR) is 79.9 cm³/mol. The largest absolute Gasteiger partial charge is 0.455 e. The van der Waals surface area contributed by atoms with Crippen LogP contribution in [-0.2, 0) is 0 Å². The number of amides is 1. The number of benzene rings is 1. The monoisotopic (exact) mass is 295 g/mol. The van der Waals surface area contributed by atoms with Gasteiger partial charge in [-0.15, -0.1) is 0 Å². The van der Waals surface area contributed by atoms with Crippen molar-refractivity contribution in [3.8, 4) is 11.5 Å². The Labute approximate surface area is 126 Å². The van der Waals surface area contributed by atoms with Crippen LogP contribution >= 0.6 is 0 Å². The van der Waals surface area contributed by atoms with Gasteiger partial charge < -0.3 is 14.6 Å². The minimum Gasteiger partial charge on any atom is -0.455 e. The van der Waals surface area contributed by atoms with E-state index in [0.29, 0.717) is 22.9 Å². The molecule has 2 heterocycles. The molecule has 6 nitrogen and oxygen atoms in total. The number of ether oxygens (including phenoxy) is 1. The Balaban J connectivity index is 1.81. The molecule has 2 aromatic heterocycles. The van der Waals surface area contributed by atoms with Crippen LogP contribution in [0.2, 0.25) is 0 Å². The van der Waals surface area contributed by atoms with Crippen LogP contribution in [0.5, 0.6) is 11.5 Å². The number of para-hydroxylation sites is 1. The number of aromatic nitrogens is 2. The van der Waals surface area contributed by atoms with E-state index in [1.165, 1.54) is 6.20 Å². The summed E-state index contributed by atoms with van der Waals surface area (Å²) in [5, 5.41) is 6.39. The van der Waals surface area contributed by atoms with E-state index in [9.17, 15) is 4.79 Å². The fraction of sp³-hybridized carbons (Fsp3) is 0.0625. The first-order chi connectivity index (χ1) is 10.7. The van der Waals surface area contributed by atoms with Gasteiger partial charge in [0.2, 0.25) is 5.76 Å². The summed E-state index contributed by atoms with van der Waals surface area (Å²) in [5.41, 5.74) is 1.09. The highest BCUT2D eigenvalue weighted by molar-refractivity contribution is 6.02. The second kappa shape index (κ2) is 6.09. The number of rotatable bonds is 4. The molecule has 1 N–H and O–H groups in total. The van der Waals surface area contributed by atoms with Crippen molar-refractivity contribution in [2.45, 2.75) is 6.92 Å². The highest BCUT2D eigenvalue weighted by atomic mass is 16.5. The van der Waals surface area contributed by atoms with E-state index in [4.69, 9.17) is 9.26 Å². The smallest absolute Gasteiger partial charge is 0.294 e. The molecular weight excluding hydrogens is 282 g/mol. The summed E-state index contributed by atoms with van der Waals surface area (Å²) in [5.74, 6) is 0.879. The average molecular weight is 295 g/mol. The van der Waals surface area contributed by atoms with Gasteiger partial charge in [0.05, 0.1) is 11.9 Å². The van der Waals surface area contributed by atoms with E-state index >= 15 is 0 Å². The van der Waals surface area contributed by atoms with Crippen molar-refractivity contribution in [3.63, 3.8) is 0 Å². The van der Waals surface area contributed by atoms with Crippen molar-refractivity contribution in [2.24, 2.45) is 0 Å². The summed E-state index contributed by atoms with van der Waals surface area (Å²) in [4.78, 5) is 16.1. The molecule has 6 heteroatoms. The number of carbonyl (C=O) groups is 1. The third kappa shape index (κ3) is 3.12. The Bertz CT molecular complexity index is 784. The van der Waals surface area contributed by atoms with Crippen LogP contribution in [0.1, 0.15) is 16.2 Å². The number of hydrogen-bond donors (Lipinski definition) is 1. The Morgan fingerprint density at radius 3 is 2.77 bits per heavy atom. The lowest BCUT2D eigenvalue weighted by atomic mass is 10.3. The maximum atomic E-state index is 12.1. The summed E-state index contributed by atoms with van der Waals surface area (Å²) in [7, 11) is 0. The number of hydrogen-bond acceptors (Lipinski definition) is 5. The fourth-order valence-electron chi connectivity index (χ4n) is 1.83. The van der Waals surface area contributed by atoms with Crippen LogP contribution in [0.4, 0.5) is 5.69 Å². The Kier molecular flexibility index (Phi) is 3.82. The lowest BCUT2D eigenvalue weighted by molar-refractivity contribution is 0.0987. The quantitative estimate of drug-likeness (QED) is 0.798. The van der Waals surface area contributed by atoms with Gasteiger partial charge in [0.15, 0.2) is 5.75 Å². The molecule has 3 rings (SSSR count). The van der Waals surface area contributed by atoms with Gasteiger partial charge in [0.25, 0.3) is 5.91 Å². The third-order valence-corrected chi connectivity index (χ3v) is 2.85. The van der Waals surface area contributed by atoms with Crippen LogP contribution in [0.3, 0.4) is 0 Å². The van der Waals surface area contributed by atoms with Gasteiger partial charge in [-0.05, 0) is 19.1 Å². The van der Waals surface area contributed by atoms with E-state index in [2.05, 4.69) is 15.5 Å². The maximum absolute atomic E-state index is 12.1. The Hall–Kier alpha value is -3.15. The van der Waals surface area contributed by atoms with Gasteiger partial charge in [-0.1, -0.05) is 23.4 Å². The molecule has 0 saturated carbocycles. The normalized spacial score (nSPS) is 10.2. The minimum absolute atomic E-state index is 0.131. The Morgan fingerprint density at radius 2 is 2.05 bits per heavy atom. The molecule has 0 bridgehead atoms. The van der Waals surface area contributed by atoms with E-state index in [-0.39, 0.29) is 5.76 Å². The maximum Gasteiger partial charge on any atom is 0.294 e. The summed E-state index contributed by atoms with van der Waals surface area (Å²) in [6.07, 6.45) is 3.10. The van der Waals surface area contributed by atoms with Crippen LogP contribution < -0.4 is 10.1 Å². The molecule has 0 radical (unpaired) electrons. The van der Waals surface area contributed by atoms with Gasteiger partial charge in [-0.2, -0.15) is 0 Å². The zero-order valence-electron chi connectivity index (χ0n) is 11.8. The first-order valence-electron chi connectivity index (χ1n) is 6.64. The number of nitrogens with zero attached hydrogens (tertiary/aromatic N) is 2. The van der Waals surface area contributed by atoms with Crippen LogP contribution in [0.15, 0.2) is 59.4 Å². The molecule has 3 aromatic rings. The lowest BCUT2D eigenvalue weighted by Gasteiger charge is -2.10. The van der Waals surface area contributed by atoms with E-state index in [1.807, 2.05) is 30.3 Å².